The largest absolute Gasteiger partial charge is 0.488 e. The van der Waals surface area contributed by atoms with Gasteiger partial charge in [-0.05, 0) is 29.8 Å². The van der Waals surface area contributed by atoms with E-state index in [1.54, 1.807) is 6.07 Å². The molecule has 0 atom stereocenters. The summed E-state index contributed by atoms with van der Waals surface area (Å²) in [6.07, 6.45) is 0. The summed E-state index contributed by atoms with van der Waals surface area (Å²) < 4.78 is 6.85. The number of ether oxygens (including phenoxy) is 1. The van der Waals surface area contributed by atoms with Crippen LogP contribution in [-0.2, 0) is 6.61 Å². The molecule has 0 saturated carbocycles. The molecule has 110 valence electrons. The van der Waals surface area contributed by atoms with Crippen LogP contribution in [0.25, 0.3) is 11.3 Å². The molecular weight excluding hydrogens is 344 g/mol. The van der Waals surface area contributed by atoms with Crippen LogP contribution >= 0.6 is 15.9 Å². The fourth-order valence-electron chi connectivity index (χ4n) is 2.06. The summed E-state index contributed by atoms with van der Waals surface area (Å²) in [5.41, 5.74) is 2.35. The van der Waals surface area contributed by atoms with Gasteiger partial charge in [0.05, 0.1) is 5.69 Å². The highest BCUT2D eigenvalue weighted by Crippen LogP contribution is 2.31. The lowest BCUT2D eigenvalue weighted by Gasteiger charge is -2.11. The Hall–Kier alpha value is -2.40. The van der Waals surface area contributed by atoms with Crippen molar-refractivity contribution >= 4 is 15.9 Å². The average molecular weight is 357 g/mol. The molecule has 1 N–H and O–H groups in total. The molecular formula is C17H13BrN2O2. The minimum Gasteiger partial charge on any atom is -0.488 e. The Bertz CT molecular complexity index is 811. The molecule has 0 aliphatic heterocycles. The highest BCUT2D eigenvalue weighted by atomic mass is 79.9. The third kappa shape index (κ3) is 3.43. The van der Waals surface area contributed by atoms with E-state index < -0.39 is 0 Å². The van der Waals surface area contributed by atoms with Crippen LogP contribution in [0.2, 0.25) is 0 Å². The quantitative estimate of drug-likeness (QED) is 0.773. The summed E-state index contributed by atoms with van der Waals surface area (Å²) in [4.78, 5) is 11.1. The minimum atomic E-state index is -0.229. The van der Waals surface area contributed by atoms with Crippen molar-refractivity contribution in [2.75, 3.05) is 0 Å². The van der Waals surface area contributed by atoms with Crippen LogP contribution in [-0.4, -0.2) is 10.2 Å². The number of benzene rings is 2. The monoisotopic (exact) mass is 356 g/mol. The Labute approximate surface area is 135 Å². The second-order valence-electron chi connectivity index (χ2n) is 4.72. The highest BCUT2D eigenvalue weighted by Gasteiger charge is 2.09. The van der Waals surface area contributed by atoms with E-state index in [4.69, 9.17) is 4.74 Å². The Kier molecular flexibility index (Phi) is 4.34. The Morgan fingerprint density at radius 3 is 2.59 bits per heavy atom. The van der Waals surface area contributed by atoms with Crippen molar-refractivity contribution < 1.29 is 4.74 Å². The molecule has 0 fully saturated rings. The molecule has 0 aliphatic carbocycles. The predicted octanol–water partition coefficient (Wildman–Crippen LogP) is 3.78. The zero-order valence-electron chi connectivity index (χ0n) is 11.6. The number of halogens is 1. The van der Waals surface area contributed by atoms with Gasteiger partial charge in [-0.3, -0.25) is 4.79 Å². The number of aromatic amines is 1. The smallest absolute Gasteiger partial charge is 0.264 e. The van der Waals surface area contributed by atoms with Crippen molar-refractivity contribution in [1.29, 1.82) is 0 Å². The second kappa shape index (κ2) is 6.58. The van der Waals surface area contributed by atoms with Crippen molar-refractivity contribution in [2.45, 2.75) is 6.61 Å². The molecule has 4 nitrogen and oxygen atoms in total. The second-order valence-corrected chi connectivity index (χ2v) is 5.64. The molecule has 0 aliphatic rings. The standard InChI is InChI=1S/C17H13BrN2O2/c18-13-6-7-14(15-8-9-17(21)20-19-15)16(10-13)22-11-12-4-2-1-3-5-12/h1-10H,11H2,(H,20,21). The highest BCUT2D eigenvalue weighted by molar-refractivity contribution is 9.10. The summed E-state index contributed by atoms with van der Waals surface area (Å²) in [7, 11) is 0. The zero-order valence-corrected chi connectivity index (χ0v) is 13.2. The first kappa shape index (κ1) is 14.5. The first-order chi connectivity index (χ1) is 10.7. The lowest BCUT2D eigenvalue weighted by molar-refractivity contribution is 0.307. The van der Waals surface area contributed by atoms with Gasteiger partial charge in [0.25, 0.3) is 5.56 Å². The maximum atomic E-state index is 11.1. The van der Waals surface area contributed by atoms with Gasteiger partial charge < -0.3 is 4.74 Å². The van der Waals surface area contributed by atoms with Crippen molar-refractivity contribution in [3.63, 3.8) is 0 Å². The van der Waals surface area contributed by atoms with E-state index in [0.717, 1.165) is 15.6 Å². The number of nitrogens with one attached hydrogen (secondary N) is 1. The molecule has 3 rings (SSSR count). The van der Waals surface area contributed by atoms with Crippen LogP contribution in [0.4, 0.5) is 0 Å². The van der Waals surface area contributed by atoms with E-state index in [1.165, 1.54) is 6.07 Å². The normalized spacial score (nSPS) is 10.4. The molecule has 0 unspecified atom stereocenters. The third-order valence-corrected chi connectivity index (χ3v) is 3.63. The summed E-state index contributed by atoms with van der Waals surface area (Å²) in [6.45, 7) is 0.466. The molecule has 0 radical (unpaired) electrons. The number of hydrogen-bond donors (Lipinski definition) is 1. The molecule has 3 aromatic rings. The third-order valence-electron chi connectivity index (χ3n) is 3.14. The van der Waals surface area contributed by atoms with E-state index in [2.05, 4.69) is 26.1 Å². The summed E-state index contributed by atoms with van der Waals surface area (Å²) in [5, 5.41) is 6.50. The summed E-state index contributed by atoms with van der Waals surface area (Å²) in [5.74, 6) is 0.706. The van der Waals surface area contributed by atoms with Gasteiger partial charge in [0, 0.05) is 16.1 Å². The number of H-pyrrole nitrogens is 1. The van der Waals surface area contributed by atoms with Gasteiger partial charge >= 0.3 is 0 Å². The Morgan fingerprint density at radius 1 is 1.05 bits per heavy atom. The maximum absolute atomic E-state index is 11.1. The van der Waals surface area contributed by atoms with Gasteiger partial charge in [0.1, 0.15) is 12.4 Å². The van der Waals surface area contributed by atoms with Gasteiger partial charge in [0.2, 0.25) is 0 Å². The van der Waals surface area contributed by atoms with Crippen LogP contribution in [0.5, 0.6) is 5.75 Å². The van der Waals surface area contributed by atoms with Crippen LogP contribution < -0.4 is 10.3 Å². The van der Waals surface area contributed by atoms with Gasteiger partial charge in [-0.25, -0.2) is 5.10 Å². The molecule has 0 spiro atoms. The van der Waals surface area contributed by atoms with Crippen molar-refractivity contribution in [3.8, 4) is 17.0 Å². The average Bonchev–Trinajstić information content (AvgIpc) is 2.55. The first-order valence-electron chi connectivity index (χ1n) is 6.75. The van der Waals surface area contributed by atoms with E-state index >= 15 is 0 Å². The predicted molar refractivity (Wildman–Crippen MR) is 88.8 cm³/mol. The SMILES string of the molecule is O=c1ccc(-c2ccc(Br)cc2OCc2ccccc2)n[nH]1. The van der Waals surface area contributed by atoms with Gasteiger partial charge in [-0.1, -0.05) is 46.3 Å². The fourth-order valence-corrected chi connectivity index (χ4v) is 2.40. The topological polar surface area (TPSA) is 55.0 Å². The Morgan fingerprint density at radius 2 is 1.86 bits per heavy atom. The number of hydrogen-bond acceptors (Lipinski definition) is 3. The zero-order chi connectivity index (χ0) is 15.4. The first-order valence-corrected chi connectivity index (χ1v) is 7.54. The molecule has 22 heavy (non-hydrogen) atoms. The lowest BCUT2D eigenvalue weighted by atomic mass is 10.1. The van der Waals surface area contributed by atoms with Crippen LogP contribution in [0.15, 0.2) is 69.9 Å². The molecule has 0 amide bonds. The molecule has 1 aromatic heterocycles. The fraction of sp³-hybridized carbons (Fsp3) is 0.0588. The van der Waals surface area contributed by atoms with Gasteiger partial charge in [-0.15, -0.1) is 0 Å². The molecule has 5 heteroatoms. The number of nitrogens with zero attached hydrogens (tertiary/aromatic N) is 1. The number of aromatic nitrogens is 2. The van der Waals surface area contributed by atoms with Gasteiger partial charge in [0.15, 0.2) is 0 Å². The van der Waals surface area contributed by atoms with E-state index in [1.807, 2.05) is 48.5 Å². The van der Waals surface area contributed by atoms with E-state index in [0.29, 0.717) is 18.1 Å². The molecule has 0 bridgehead atoms. The van der Waals surface area contributed by atoms with Crippen molar-refractivity contribution in [3.05, 3.63) is 81.1 Å². The summed E-state index contributed by atoms with van der Waals surface area (Å²) >= 11 is 3.45. The van der Waals surface area contributed by atoms with Gasteiger partial charge in [-0.2, -0.15) is 5.10 Å². The molecule has 1 heterocycles. The molecule has 2 aromatic carbocycles. The van der Waals surface area contributed by atoms with Crippen molar-refractivity contribution in [2.24, 2.45) is 0 Å². The van der Waals surface area contributed by atoms with E-state index in [9.17, 15) is 4.79 Å². The number of rotatable bonds is 4. The van der Waals surface area contributed by atoms with Crippen LogP contribution in [0.1, 0.15) is 5.56 Å². The lowest BCUT2D eigenvalue weighted by Crippen LogP contribution is -2.06. The van der Waals surface area contributed by atoms with Crippen molar-refractivity contribution in [1.82, 2.24) is 10.2 Å². The van der Waals surface area contributed by atoms with Crippen LogP contribution in [0.3, 0.4) is 0 Å². The van der Waals surface area contributed by atoms with E-state index in [-0.39, 0.29) is 5.56 Å². The Balaban J connectivity index is 1.91. The summed E-state index contributed by atoms with van der Waals surface area (Å²) in [6, 6.07) is 18.8. The molecule has 0 saturated heterocycles. The maximum Gasteiger partial charge on any atom is 0.264 e. The minimum absolute atomic E-state index is 0.229. The van der Waals surface area contributed by atoms with Crippen LogP contribution in [0, 0.1) is 0 Å².